The minimum absolute atomic E-state index is 0.0390. The molecule has 0 radical (unpaired) electrons. The van der Waals surface area contributed by atoms with Crippen molar-refractivity contribution in [2.45, 2.75) is 49.6 Å². The summed E-state index contributed by atoms with van der Waals surface area (Å²) in [6.07, 6.45) is 3.27. The maximum atomic E-state index is 11.9. The van der Waals surface area contributed by atoms with Crippen LogP contribution >= 0.6 is 23.1 Å². The van der Waals surface area contributed by atoms with Gasteiger partial charge in [0.05, 0.1) is 12.1 Å². The summed E-state index contributed by atoms with van der Waals surface area (Å²) >= 11 is 3.23. The Morgan fingerprint density at radius 3 is 3.08 bits per heavy atom. The minimum atomic E-state index is -0.0559. The molecule has 2 aliphatic heterocycles. The van der Waals surface area contributed by atoms with Gasteiger partial charge >= 0.3 is 6.03 Å². The van der Waals surface area contributed by atoms with Crippen molar-refractivity contribution in [1.82, 2.24) is 20.8 Å². The van der Waals surface area contributed by atoms with Gasteiger partial charge < -0.3 is 20.7 Å². The van der Waals surface area contributed by atoms with Crippen LogP contribution in [0.15, 0.2) is 0 Å². The van der Waals surface area contributed by atoms with Gasteiger partial charge in [-0.3, -0.25) is 4.79 Å². The molecule has 0 spiro atoms. The molecule has 24 heavy (non-hydrogen) atoms. The number of nitrogens with zero attached hydrogens (tertiary/aromatic N) is 2. The van der Waals surface area contributed by atoms with Crippen molar-refractivity contribution >= 4 is 40.2 Å². The van der Waals surface area contributed by atoms with Crippen LogP contribution in [-0.2, 0) is 16.1 Å². The fourth-order valence-electron chi connectivity index (χ4n) is 2.94. The van der Waals surface area contributed by atoms with Crippen molar-refractivity contribution in [3.05, 3.63) is 5.01 Å². The third-order valence-corrected chi connectivity index (χ3v) is 6.38. The molecule has 10 heteroatoms. The van der Waals surface area contributed by atoms with Gasteiger partial charge in [-0.15, -0.1) is 10.2 Å². The fraction of sp³-hybridized carbons (Fsp3) is 0.714. The highest BCUT2D eigenvalue weighted by atomic mass is 32.2. The van der Waals surface area contributed by atoms with Crippen LogP contribution in [0.25, 0.3) is 0 Å². The summed E-state index contributed by atoms with van der Waals surface area (Å²) in [6.45, 7) is 0.403. The Bertz CT molecular complexity index is 597. The maximum Gasteiger partial charge on any atom is 0.315 e. The van der Waals surface area contributed by atoms with Gasteiger partial charge in [-0.1, -0.05) is 17.8 Å². The number of rotatable bonds is 8. The number of hydrogen-bond donors (Lipinski definition) is 3. The summed E-state index contributed by atoms with van der Waals surface area (Å²) in [4.78, 5) is 23.3. The highest BCUT2D eigenvalue weighted by Gasteiger charge is 2.42. The van der Waals surface area contributed by atoms with Gasteiger partial charge in [0.25, 0.3) is 0 Å². The van der Waals surface area contributed by atoms with Gasteiger partial charge in [0.1, 0.15) is 11.6 Å². The van der Waals surface area contributed by atoms with Gasteiger partial charge in [0.15, 0.2) is 0 Å². The number of amides is 3. The zero-order valence-corrected chi connectivity index (χ0v) is 15.0. The number of thioether (sulfide) groups is 1. The molecule has 0 bridgehead atoms. The van der Waals surface area contributed by atoms with Gasteiger partial charge in [0, 0.05) is 24.5 Å². The van der Waals surface area contributed by atoms with Crippen LogP contribution < -0.4 is 16.0 Å². The first-order valence-electron chi connectivity index (χ1n) is 7.95. The van der Waals surface area contributed by atoms with E-state index in [9.17, 15) is 9.59 Å². The second-order valence-corrected chi connectivity index (χ2v) is 8.18. The number of hydrogen-bond acceptors (Lipinski definition) is 7. The number of anilines is 1. The number of urea groups is 1. The predicted octanol–water partition coefficient (Wildman–Crippen LogP) is 1.35. The first kappa shape index (κ1) is 17.4. The first-order chi connectivity index (χ1) is 11.7. The molecule has 3 amide bonds. The van der Waals surface area contributed by atoms with Crippen molar-refractivity contribution in [2.75, 3.05) is 18.2 Å². The number of ether oxygens (including phenoxy) is 1. The monoisotopic (exact) mass is 371 g/mol. The first-order valence-corrected chi connectivity index (χ1v) is 9.82. The lowest BCUT2D eigenvalue weighted by molar-refractivity contribution is -0.116. The van der Waals surface area contributed by atoms with E-state index in [-0.39, 0.29) is 24.0 Å². The number of carbonyl (C=O) groups excluding carboxylic acids is 2. The second kappa shape index (κ2) is 8.13. The number of fused-ring (bicyclic) bond motifs is 1. The van der Waals surface area contributed by atoms with Crippen LogP contribution in [-0.4, -0.2) is 52.3 Å². The SMILES string of the molecule is COCc1nnc(NC(=O)CCCC[C@H]2SC[C@@H]3NC(=O)N[C@H]32)s1. The molecule has 3 atom stereocenters. The van der Waals surface area contributed by atoms with Crippen molar-refractivity contribution < 1.29 is 14.3 Å². The standard InChI is InChI=1S/C14H21N5O3S2/c1-22-6-11-18-19-14(24-11)16-10(20)5-3-2-4-9-12-8(7-23-9)15-13(21)17-12/h8-9,12H,2-7H2,1H3,(H2,15,17,21)(H,16,19,20)/t8-,9+,12+/m0/s1. The smallest absolute Gasteiger partial charge is 0.315 e. The highest BCUT2D eigenvalue weighted by Crippen LogP contribution is 2.33. The van der Waals surface area contributed by atoms with E-state index in [2.05, 4.69) is 26.1 Å². The molecule has 2 fully saturated rings. The Kier molecular flexibility index (Phi) is 5.90. The van der Waals surface area contributed by atoms with Crippen molar-refractivity contribution in [2.24, 2.45) is 0 Å². The molecular weight excluding hydrogens is 350 g/mol. The number of unbranched alkanes of at least 4 members (excludes halogenated alkanes) is 1. The van der Waals surface area contributed by atoms with Crippen molar-refractivity contribution in [3.8, 4) is 0 Å². The molecule has 2 saturated heterocycles. The topological polar surface area (TPSA) is 105 Å². The molecule has 3 rings (SSSR count). The van der Waals surface area contributed by atoms with E-state index in [1.807, 2.05) is 11.8 Å². The summed E-state index contributed by atoms with van der Waals surface area (Å²) in [7, 11) is 1.59. The van der Waals surface area contributed by atoms with Crippen LogP contribution in [0.3, 0.4) is 0 Å². The van der Waals surface area contributed by atoms with Gasteiger partial charge in [-0.25, -0.2) is 4.79 Å². The summed E-state index contributed by atoms with van der Waals surface area (Å²) in [5, 5.41) is 18.2. The number of nitrogens with one attached hydrogen (secondary N) is 3. The molecule has 0 aromatic carbocycles. The highest BCUT2D eigenvalue weighted by molar-refractivity contribution is 8.00. The summed E-state index contributed by atoms with van der Waals surface area (Å²) in [5.74, 6) is 0.929. The number of aromatic nitrogens is 2. The summed E-state index contributed by atoms with van der Waals surface area (Å²) in [6, 6.07) is 0.436. The average molecular weight is 371 g/mol. The number of carbonyl (C=O) groups is 2. The Balaban J connectivity index is 1.33. The normalized spacial score (nSPS) is 25.2. The van der Waals surface area contributed by atoms with E-state index in [1.54, 1.807) is 7.11 Å². The summed E-state index contributed by atoms with van der Waals surface area (Å²) < 4.78 is 4.97. The molecule has 0 unspecified atom stereocenters. The van der Waals surface area contributed by atoms with Gasteiger partial charge in [0.2, 0.25) is 11.0 Å². The van der Waals surface area contributed by atoms with E-state index in [0.29, 0.717) is 23.4 Å². The second-order valence-electron chi connectivity index (χ2n) is 5.85. The van der Waals surface area contributed by atoms with Crippen LogP contribution in [0.2, 0.25) is 0 Å². The van der Waals surface area contributed by atoms with Crippen LogP contribution in [0.4, 0.5) is 9.93 Å². The quantitative estimate of drug-likeness (QED) is 0.471. The van der Waals surface area contributed by atoms with E-state index in [1.165, 1.54) is 11.3 Å². The average Bonchev–Trinajstić information content (AvgIpc) is 3.21. The lowest BCUT2D eigenvalue weighted by Gasteiger charge is -2.16. The maximum absolute atomic E-state index is 11.9. The zero-order chi connectivity index (χ0) is 16.9. The molecule has 0 aliphatic carbocycles. The molecule has 8 nitrogen and oxygen atoms in total. The third kappa shape index (κ3) is 4.37. The molecule has 132 valence electrons. The van der Waals surface area contributed by atoms with E-state index >= 15 is 0 Å². The molecule has 0 saturated carbocycles. The largest absolute Gasteiger partial charge is 0.377 e. The lowest BCUT2D eigenvalue weighted by Crippen LogP contribution is -2.36. The molecule has 3 heterocycles. The lowest BCUT2D eigenvalue weighted by atomic mass is 10.0. The van der Waals surface area contributed by atoms with Gasteiger partial charge in [-0.05, 0) is 12.8 Å². The van der Waals surface area contributed by atoms with Crippen molar-refractivity contribution in [1.29, 1.82) is 0 Å². The van der Waals surface area contributed by atoms with Crippen LogP contribution in [0.1, 0.15) is 30.7 Å². The molecule has 3 N–H and O–H groups in total. The Hall–Kier alpha value is -1.39. The molecule has 1 aromatic heterocycles. The molecule has 2 aliphatic rings. The van der Waals surface area contributed by atoms with Crippen LogP contribution in [0, 0.1) is 0 Å². The minimum Gasteiger partial charge on any atom is -0.377 e. The Morgan fingerprint density at radius 2 is 2.25 bits per heavy atom. The summed E-state index contributed by atoms with van der Waals surface area (Å²) in [5.41, 5.74) is 0. The van der Waals surface area contributed by atoms with E-state index in [0.717, 1.165) is 30.0 Å². The number of methoxy groups -OCH3 is 1. The van der Waals surface area contributed by atoms with Gasteiger partial charge in [-0.2, -0.15) is 11.8 Å². The Labute approximate surface area is 148 Å². The molecule has 1 aromatic rings. The zero-order valence-electron chi connectivity index (χ0n) is 13.4. The predicted molar refractivity (Wildman–Crippen MR) is 93.2 cm³/mol. The Morgan fingerprint density at radius 1 is 1.38 bits per heavy atom. The van der Waals surface area contributed by atoms with E-state index in [4.69, 9.17) is 4.74 Å². The third-order valence-electron chi connectivity index (χ3n) is 4.06. The van der Waals surface area contributed by atoms with Crippen LogP contribution in [0.5, 0.6) is 0 Å². The fourth-order valence-corrected chi connectivity index (χ4v) is 5.21. The molecular formula is C14H21N5O3S2. The van der Waals surface area contributed by atoms with Crippen molar-refractivity contribution in [3.63, 3.8) is 0 Å². The van der Waals surface area contributed by atoms with E-state index < -0.39 is 0 Å².